The summed E-state index contributed by atoms with van der Waals surface area (Å²) in [5, 5.41) is 5.91. The maximum atomic E-state index is 6.97. The van der Waals surface area contributed by atoms with E-state index in [0.717, 1.165) is 0 Å². The summed E-state index contributed by atoms with van der Waals surface area (Å²) >= 11 is 13.8. The zero-order valence-corrected chi connectivity index (χ0v) is 25.9. The van der Waals surface area contributed by atoms with Crippen molar-refractivity contribution in [2.45, 2.75) is 20.8 Å². The van der Waals surface area contributed by atoms with Gasteiger partial charge in [-0.05, 0) is 64.5 Å². The molecule has 5 aromatic rings. The van der Waals surface area contributed by atoms with Gasteiger partial charge in [-0.2, -0.15) is 0 Å². The highest BCUT2D eigenvalue weighted by atomic mass is 32.4. The zero-order valence-electron chi connectivity index (χ0n) is 22.5. The molecule has 0 N–H and O–H groups in total. The van der Waals surface area contributed by atoms with Crippen LogP contribution in [0.3, 0.4) is 0 Å². The summed E-state index contributed by atoms with van der Waals surface area (Å²) in [7, 11) is 0. The van der Waals surface area contributed by atoms with Crippen LogP contribution in [-0.4, -0.2) is 0 Å². The largest absolute Gasteiger partial charge is 0.0832 e. The molecular weight excluding hydrogens is 546 g/mol. The summed E-state index contributed by atoms with van der Waals surface area (Å²) in [5.74, 6) is 2.43. The fraction of sp³-hybridized carbons (Fsp3) is 0.0857. The number of benzene rings is 5. The molecule has 0 aliphatic carbocycles. The molecule has 0 amide bonds. The molecule has 5 rings (SSSR count). The van der Waals surface area contributed by atoms with Crippen LogP contribution in [0.4, 0.5) is 0 Å². The van der Waals surface area contributed by atoms with Crippen molar-refractivity contribution in [2.24, 2.45) is 0 Å². The Hall–Kier alpha value is -2.86. The van der Waals surface area contributed by atoms with Crippen molar-refractivity contribution in [2.75, 3.05) is 0 Å². The summed E-state index contributed by atoms with van der Waals surface area (Å²) in [6, 6.07) is 42.3. The Kier molecular flexibility index (Phi) is 8.32. The van der Waals surface area contributed by atoms with Crippen LogP contribution in [0.1, 0.15) is 22.3 Å². The molecule has 194 valence electrons. The smallest absolute Gasteiger partial charge is 0.0386 e. The van der Waals surface area contributed by atoms with Crippen LogP contribution in [0.5, 0.6) is 0 Å². The first-order valence-corrected chi connectivity index (χ1v) is 18.8. The summed E-state index contributed by atoms with van der Waals surface area (Å²) in [6.45, 7) is 6.59. The van der Waals surface area contributed by atoms with E-state index in [0.29, 0.717) is 0 Å². The number of rotatable bonds is 7. The van der Waals surface area contributed by atoms with Gasteiger partial charge in [-0.3, -0.25) is 0 Å². The number of aryl methyl sites for hydroxylation is 3. The van der Waals surface area contributed by atoms with Crippen LogP contribution in [-0.2, 0) is 23.6 Å². The third kappa shape index (κ3) is 5.45. The van der Waals surface area contributed by atoms with Crippen LogP contribution in [0.15, 0.2) is 139 Å². The van der Waals surface area contributed by atoms with Crippen LogP contribution in [0, 0.1) is 20.8 Å². The average Bonchev–Trinajstić information content (AvgIpc) is 2.97. The van der Waals surface area contributed by atoms with Gasteiger partial charge in [0.1, 0.15) is 0 Å². The van der Waals surface area contributed by atoms with Gasteiger partial charge in [0.2, 0.25) is 0 Å². The predicted octanol–water partition coefficient (Wildman–Crippen LogP) is 8.17. The first-order valence-electron chi connectivity index (χ1n) is 13.1. The first kappa shape index (κ1) is 27.7. The highest BCUT2D eigenvalue weighted by Crippen LogP contribution is 2.62. The molecule has 0 saturated carbocycles. The zero-order chi connectivity index (χ0) is 27.5. The Labute approximate surface area is 243 Å². The Morgan fingerprint density at radius 2 is 0.846 bits per heavy atom. The van der Waals surface area contributed by atoms with Gasteiger partial charge >= 0.3 is 0 Å². The first-order chi connectivity index (χ1) is 18.8. The van der Waals surface area contributed by atoms with Crippen molar-refractivity contribution in [3.05, 3.63) is 162 Å². The minimum atomic E-state index is -2.51. The Morgan fingerprint density at radius 3 is 1.21 bits per heavy atom. The quantitative estimate of drug-likeness (QED) is 0.179. The van der Waals surface area contributed by atoms with E-state index in [1.165, 1.54) is 48.8 Å². The fourth-order valence-electron chi connectivity index (χ4n) is 5.36. The summed E-state index contributed by atoms with van der Waals surface area (Å²) in [6.07, 6.45) is 0. The molecule has 0 atom stereocenters. The molecule has 0 fully saturated rings. The van der Waals surface area contributed by atoms with E-state index in [2.05, 4.69) is 160 Å². The van der Waals surface area contributed by atoms with Crippen LogP contribution in [0.2, 0.25) is 0 Å². The SMILES string of the molecule is Cc1cc(C)c(/C(=C\P(=S)(c2ccccc2)c2ccccc2)P(=S)(c2ccccc2)c2ccccc2)c(C)c1. The van der Waals surface area contributed by atoms with Crippen LogP contribution in [0.25, 0.3) is 5.31 Å². The third-order valence-corrected chi connectivity index (χ3v) is 16.6. The van der Waals surface area contributed by atoms with Gasteiger partial charge in [0.05, 0.1) is 0 Å². The summed E-state index contributed by atoms with van der Waals surface area (Å²) in [4.78, 5) is 0. The minimum Gasteiger partial charge on any atom is -0.0832 e. The molecule has 0 saturated heterocycles. The highest BCUT2D eigenvalue weighted by molar-refractivity contribution is 8.28. The summed E-state index contributed by atoms with van der Waals surface area (Å²) in [5.41, 5.74) is 4.97. The monoisotopic (exact) mass is 578 g/mol. The van der Waals surface area contributed by atoms with Gasteiger partial charge in [-0.15, -0.1) is 0 Å². The Balaban J connectivity index is 1.96. The molecule has 0 unspecified atom stereocenters. The second-order valence-electron chi connectivity index (χ2n) is 9.90. The topological polar surface area (TPSA) is 0 Å². The van der Waals surface area contributed by atoms with Crippen LogP contribution >= 0.6 is 12.1 Å². The number of hydrogen-bond acceptors (Lipinski definition) is 2. The van der Waals surface area contributed by atoms with Crippen molar-refractivity contribution in [1.29, 1.82) is 0 Å². The number of hydrogen-bond donors (Lipinski definition) is 0. The second kappa shape index (κ2) is 11.7. The van der Waals surface area contributed by atoms with Gasteiger partial charge in [-0.25, -0.2) is 0 Å². The van der Waals surface area contributed by atoms with Crippen molar-refractivity contribution in [3.63, 3.8) is 0 Å². The van der Waals surface area contributed by atoms with E-state index in [-0.39, 0.29) is 0 Å². The summed E-state index contributed by atoms with van der Waals surface area (Å²) < 4.78 is 0. The normalized spacial score (nSPS) is 12.3. The molecular formula is C35H32P2S2. The molecule has 39 heavy (non-hydrogen) atoms. The molecule has 0 radical (unpaired) electrons. The van der Waals surface area contributed by atoms with Gasteiger partial charge in [0.15, 0.2) is 0 Å². The van der Waals surface area contributed by atoms with E-state index in [1.54, 1.807) is 0 Å². The molecule has 0 aromatic heterocycles. The van der Waals surface area contributed by atoms with E-state index in [9.17, 15) is 0 Å². The van der Waals surface area contributed by atoms with Crippen molar-refractivity contribution >= 4 is 62.2 Å². The molecule has 0 aliphatic heterocycles. The standard InChI is InChI=1S/C35H32P2S2/c1-27-24-28(2)35(29(3)25-27)34(37(39,32-20-12-6-13-21-32)33-22-14-7-15-23-33)26-36(38,30-16-8-4-9-17-30)31-18-10-5-11-19-31/h4-26H,1-3H3/b34-26+. The lowest BCUT2D eigenvalue weighted by Crippen LogP contribution is -2.19. The van der Waals surface area contributed by atoms with Crippen molar-refractivity contribution in [3.8, 4) is 0 Å². The molecule has 0 heterocycles. The molecule has 5 aromatic carbocycles. The van der Waals surface area contributed by atoms with Crippen molar-refractivity contribution < 1.29 is 0 Å². The lowest BCUT2D eigenvalue weighted by molar-refractivity contribution is 1.30. The molecule has 0 spiro atoms. The van der Waals surface area contributed by atoms with Crippen molar-refractivity contribution in [1.82, 2.24) is 0 Å². The fourth-order valence-corrected chi connectivity index (χ4v) is 14.2. The predicted molar refractivity (Wildman–Crippen MR) is 182 cm³/mol. The van der Waals surface area contributed by atoms with Gasteiger partial charge in [-0.1, -0.05) is 163 Å². The van der Waals surface area contributed by atoms with Crippen LogP contribution < -0.4 is 21.2 Å². The van der Waals surface area contributed by atoms with E-state index < -0.39 is 12.1 Å². The maximum Gasteiger partial charge on any atom is 0.0386 e. The van der Waals surface area contributed by atoms with E-state index >= 15 is 0 Å². The molecule has 0 nitrogen and oxygen atoms in total. The average molecular weight is 579 g/mol. The second-order valence-corrected chi connectivity index (χ2v) is 18.6. The van der Waals surface area contributed by atoms with Gasteiger partial charge in [0, 0.05) is 17.4 Å². The maximum absolute atomic E-state index is 6.97. The van der Waals surface area contributed by atoms with Gasteiger partial charge < -0.3 is 0 Å². The molecule has 0 bridgehead atoms. The molecule has 0 aliphatic rings. The Bertz CT molecular complexity index is 1600. The molecule has 4 heteroatoms. The van der Waals surface area contributed by atoms with E-state index in [4.69, 9.17) is 23.6 Å². The Morgan fingerprint density at radius 1 is 0.513 bits per heavy atom. The minimum absolute atomic E-state index is 1.17. The van der Waals surface area contributed by atoms with Gasteiger partial charge in [0.25, 0.3) is 0 Å². The third-order valence-electron chi connectivity index (χ3n) is 7.10. The highest BCUT2D eigenvalue weighted by Gasteiger charge is 2.33. The lowest BCUT2D eigenvalue weighted by Gasteiger charge is -2.32. The van der Waals surface area contributed by atoms with E-state index in [1.807, 2.05) is 0 Å². The lowest BCUT2D eigenvalue weighted by atomic mass is 10.00.